The Morgan fingerprint density at radius 3 is 1.70 bits per heavy atom. The summed E-state index contributed by atoms with van der Waals surface area (Å²) in [6, 6.07) is 0. The van der Waals surface area contributed by atoms with E-state index < -0.39 is 89.6 Å². The first-order valence-corrected chi connectivity index (χ1v) is 25.9. The molecule has 0 heterocycles. The van der Waals surface area contributed by atoms with Crippen molar-refractivity contribution in [1.29, 1.82) is 0 Å². The minimum Gasteiger partial charge on any atom is -0.462 e. The van der Waals surface area contributed by atoms with Crippen LogP contribution in [0.4, 0.5) is 0 Å². The van der Waals surface area contributed by atoms with E-state index in [1.165, 1.54) is 0 Å². The van der Waals surface area contributed by atoms with E-state index in [1.54, 1.807) is 6.08 Å². The first-order valence-electron chi connectivity index (χ1n) is 22.9. The van der Waals surface area contributed by atoms with Crippen LogP contribution >= 0.6 is 15.6 Å². The summed E-state index contributed by atoms with van der Waals surface area (Å²) in [5, 5.41) is 51.0. The lowest BCUT2D eigenvalue weighted by Gasteiger charge is -2.43. The van der Waals surface area contributed by atoms with Crippen LogP contribution < -0.4 is 0 Å². The van der Waals surface area contributed by atoms with E-state index in [9.17, 15) is 49.1 Å². The van der Waals surface area contributed by atoms with Crippen LogP contribution in [0.2, 0.25) is 0 Å². The van der Waals surface area contributed by atoms with Crippen LogP contribution in [-0.4, -0.2) is 114 Å². The Kier molecular flexibility index (Phi) is 34.0. The molecule has 0 bridgehead atoms. The number of aliphatic hydroxyl groups excluding tert-OH is 5. The Morgan fingerprint density at radius 2 is 1.08 bits per heavy atom. The number of esters is 2. The molecular weight excluding hydrogens is 898 g/mol. The van der Waals surface area contributed by atoms with Crippen molar-refractivity contribution in [3.63, 3.8) is 0 Å². The van der Waals surface area contributed by atoms with Crippen molar-refractivity contribution in [2.45, 2.75) is 172 Å². The summed E-state index contributed by atoms with van der Waals surface area (Å²) in [6.45, 7) is 2.68. The number of rotatable bonds is 36. The fourth-order valence-electron chi connectivity index (χ4n) is 6.21. The molecular formula is C47H76O17P2. The van der Waals surface area contributed by atoms with Crippen molar-refractivity contribution < 1.29 is 82.0 Å². The van der Waals surface area contributed by atoms with Gasteiger partial charge in [0, 0.05) is 12.8 Å². The number of carbonyl (C=O) groups excluding carboxylic acids is 2. The fourth-order valence-corrected chi connectivity index (χ4v) is 7.75. The molecule has 0 aromatic carbocycles. The molecule has 1 fully saturated rings. The average Bonchev–Trinajstić information content (AvgIpc) is 3.27. The van der Waals surface area contributed by atoms with Crippen LogP contribution in [0.5, 0.6) is 0 Å². The average molecular weight is 975 g/mol. The van der Waals surface area contributed by atoms with E-state index in [2.05, 4.69) is 47.9 Å². The second-order valence-corrected chi connectivity index (χ2v) is 18.2. The maximum absolute atomic E-state index is 13.0. The first kappa shape index (κ1) is 60.9. The van der Waals surface area contributed by atoms with Gasteiger partial charge < -0.3 is 49.7 Å². The number of ether oxygens (including phenoxy) is 2. The van der Waals surface area contributed by atoms with Crippen molar-refractivity contribution in [1.82, 2.24) is 0 Å². The Morgan fingerprint density at radius 1 is 0.561 bits per heavy atom. The monoisotopic (exact) mass is 974 g/mol. The topological polar surface area (TPSA) is 276 Å². The molecule has 376 valence electrons. The van der Waals surface area contributed by atoms with E-state index >= 15 is 0 Å². The Hall–Kier alpha value is -3.12. The minimum atomic E-state index is -5.38. The van der Waals surface area contributed by atoms with Crippen molar-refractivity contribution in [3.05, 3.63) is 97.2 Å². The van der Waals surface area contributed by atoms with Crippen LogP contribution in [0.15, 0.2) is 97.2 Å². The lowest BCUT2D eigenvalue weighted by molar-refractivity contribution is -0.216. The largest absolute Gasteiger partial charge is 0.472 e. The van der Waals surface area contributed by atoms with E-state index in [1.807, 2.05) is 61.6 Å². The predicted octanol–water partition coefficient (Wildman–Crippen LogP) is 7.36. The van der Waals surface area contributed by atoms with Gasteiger partial charge in [0.15, 0.2) is 6.10 Å². The molecule has 1 aliphatic rings. The van der Waals surface area contributed by atoms with E-state index in [4.69, 9.17) is 28.3 Å². The molecule has 0 aliphatic heterocycles. The van der Waals surface area contributed by atoms with Gasteiger partial charge in [-0.15, -0.1) is 0 Å². The number of carbonyl (C=O) groups is 2. The number of allylic oxidation sites excluding steroid dienone is 14. The van der Waals surface area contributed by atoms with Gasteiger partial charge in [-0.05, 0) is 77.0 Å². The van der Waals surface area contributed by atoms with Gasteiger partial charge in [-0.1, -0.05) is 130 Å². The number of phosphoric acid groups is 2. The Balaban J connectivity index is 2.68. The molecule has 66 heavy (non-hydrogen) atoms. The quantitative estimate of drug-likeness (QED) is 0.0100. The third kappa shape index (κ3) is 31.0. The highest BCUT2D eigenvalue weighted by Gasteiger charge is 2.54. The molecule has 19 heteroatoms. The van der Waals surface area contributed by atoms with E-state index in [-0.39, 0.29) is 12.8 Å². The maximum atomic E-state index is 13.0. The number of hydrogen-bond donors (Lipinski definition) is 8. The van der Waals surface area contributed by atoms with Gasteiger partial charge in [-0.25, -0.2) is 9.13 Å². The van der Waals surface area contributed by atoms with Crippen molar-refractivity contribution in [3.8, 4) is 0 Å². The summed E-state index contributed by atoms with van der Waals surface area (Å²) in [6.07, 6.45) is 28.6. The van der Waals surface area contributed by atoms with E-state index in [0.717, 1.165) is 64.2 Å². The third-order valence-electron chi connectivity index (χ3n) is 9.73. The summed E-state index contributed by atoms with van der Waals surface area (Å²) in [4.78, 5) is 54.2. The normalized spacial score (nSPS) is 22.9. The predicted molar refractivity (Wildman–Crippen MR) is 251 cm³/mol. The van der Waals surface area contributed by atoms with Gasteiger partial charge in [-0.2, -0.15) is 0 Å². The van der Waals surface area contributed by atoms with Crippen LogP contribution in [0.3, 0.4) is 0 Å². The second-order valence-electron chi connectivity index (χ2n) is 15.6. The zero-order valence-electron chi connectivity index (χ0n) is 38.4. The lowest BCUT2D eigenvalue weighted by Crippen LogP contribution is -2.64. The molecule has 9 atom stereocenters. The van der Waals surface area contributed by atoms with Crippen LogP contribution in [0, 0.1) is 0 Å². The van der Waals surface area contributed by atoms with Gasteiger partial charge in [0.25, 0.3) is 0 Å². The zero-order chi connectivity index (χ0) is 49.1. The Bertz CT molecular complexity index is 1670. The van der Waals surface area contributed by atoms with Crippen molar-refractivity contribution in [2.75, 3.05) is 13.2 Å². The first-order chi connectivity index (χ1) is 31.5. The highest BCUT2D eigenvalue weighted by Crippen LogP contribution is 2.49. The molecule has 0 radical (unpaired) electrons. The highest BCUT2D eigenvalue weighted by molar-refractivity contribution is 7.47. The molecule has 8 N–H and O–H groups in total. The van der Waals surface area contributed by atoms with Crippen LogP contribution in [0.25, 0.3) is 0 Å². The Labute approximate surface area is 390 Å². The number of hydrogen-bond acceptors (Lipinski definition) is 14. The molecule has 1 saturated carbocycles. The molecule has 0 amide bonds. The molecule has 0 spiro atoms. The van der Waals surface area contributed by atoms with Crippen LogP contribution in [0.1, 0.15) is 123 Å². The molecule has 0 aromatic rings. The van der Waals surface area contributed by atoms with Crippen molar-refractivity contribution >= 4 is 27.6 Å². The third-order valence-corrected chi connectivity index (χ3v) is 11.2. The minimum absolute atomic E-state index is 0.0619. The van der Waals surface area contributed by atoms with Gasteiger partial charge in [0.1, 0.15) is 43.2 Å². The fraction of sp³-hybridized carbons (Fsp3) is 0.617. The summed E-state index contributed by atoms with van der Waals surface area (Å²) >= 11 is 0. The number of unbranched alkanes of at least 4 members (excludes halogenated alkanes) is 6. The van der Waals surface area contributed by atoms with E-state index in [0.29, 0.717) is 32.1 Å². The zero-order valence-corrected chi connectivity index (χ0v) is 40.2. The SMILES string of the molecule is CC/C=C\C/C=C\C/C=C\CCCCCCCC(=O)OC[C@H](COP(=O)(O)O[C@H]1C(O)C(O)C(O)[C@@H](OP(=O)(O)O)C1O)OC(=O)CCC/C=C\C/C=C\C/C=C\C=C\CC(O)/C=C\CC. The van der Waals surface area contributed by atoms with Crippen LogP contribution in [-0.2, 0) is 41.8 Å². The van der Waals surface area contributed by atoms with Crippen molar-refractivity contribution in [2.24, 2.45) is 0 Å². The van der Waals surface area contributed by atoms with Gasteiger partial charge in [0.2, 0.25) is 0 Å². The summed E-state index contributed by atoms with van der Waals surface area (Å²) in [5.41, 5.74) is 0. The smallest absolute Gasteiger partial charge is 0.462 e. The summed E-state index contributed by atoms with van der Waals surface area (Å²) < 4.78 is 49.2. The molecule has 0 saturated heterocycles. The lowest BCUT2D eigenvalue weighted by atomic mass is 9.85. The highest BCUT2D eigenvalue weighted by atomic mass is 31.2. The van der Waals surface area contributed by atoms with Gasteiger partial charge in [-0.3, -0.25) is 23.2 Å². The summed E-state index contributed by atoms with van der Waals surface area (Å²) in [5.74, 6) is -1.33. The maximum Gasteiger partial charge on any atom is 0.472 e. The number of aliphatic hydroxyl groups is 5. The molecule has 0 aromatic heterocycles. The summed E-state index contributed by atoms with van der Waals surface area (Å²) in [7, 11) is -10.7. The molecule has 1 aliphatic carbocycles. The van der Waals surface area contributed by atoms with Gasteiger partial charge in [0.05, 0.1) is 12.7 Å². The second kappa shape index (κ2) is 36.9. The molecule has 1 rings (SSSR count). The number of phosphoric ester groups is 2. The standard InChI is InChI=1S/C47H76O17P2/c1-3-5-7-8-9-10-11-12-13-14-18-21-24-27-30-34-40(49)60-36-39(37-61-66(58,59)64-47-44(53)42(51)43(52)46(45(47)54)63-65(55,56)57)62-41(50)35-31-28-25-22-19-16-15-17-20-23-26-29-33-38(48)32-6-4-2/h5-7,9-10,12-13,15-16,20,22-23,25-26,29,32,38-39,42-48,51-54H,3-4,8,11,14,17-19,21,24,27-28,30-31,33-37H2,1-2H3,(H,58,59)(H2,55,56,57)/b7-5-,10-9-,13-12-,16-15-,23-20-,25-22-,29-26+,32-6-/t38?,39-,42?,43?,44?,45?,46-,47+/m1/s1. The molecule has 6 unspecified atom stereocenters. The van der Waals surface area contributed by atoms with Gasteiger partial charge >= 0.3 is 27.6 Å². The molecule has 17 nitrogen and oxygen atoms in total.